The summed E-state index contributed by atoms with van der Waals surface area (Å²) in [6, 6.07) is 3.89. The van der Waals surface area contributed by atoms with Crippen molar-refractivity contribution in [2.24, 2.45) is 0 Å². The molecule has 3 aromatic rings. The van der Waals surface area contributed by atoms with Gasteiger partial charge in [-0.2, -0.15) is 4.98 Å². The summed E-state index contributed by atoms with van der Waals surface area (Å²) in [4.78, 5) is 25.2. The molecule has 6 rings (SSSR count). The van der Waals surface area contributed by atoms with Crippen LogP contribution in [0.25, 0.3) is 5.65 Å². The Labute approximate surface area is 170 Å². The molecule has 0 aliphatic heterocycles. The highest BCUT2D eigenvalue weighted by Crippen LogP contribution is 2.69. The van der Waals surface area contributed by atoms with Crippen LogP contribution in [-0.2, 0) is 10.2 Å². The fourth-order valence-electron chi connectivity index (χ4n) is 4.49. The quantitative estimate of drug-likeness (QED) is 0.665. The van der Waals surface area contributed by atoms with Crippen LogP contribution in [0.4, 0.5) is 14.6 Å². The molecule has 3 aliphatic rings. The number of imidazole rings is 1. The Morgan fingerprint density at radius 2 is 1.93 bits per heavy atom. The van der Waals surface area contributed by atoms with Crippen molar-refractivity contribution >= 4 is 17.4 Å². The minimum Gasteiger partial charge on any atom is -0.478 e. The Morgan fingerprint density at radius 3 is 2.60 bits per heavy atom. The van der Waals surface area contributed by atoms with Gasteiger partial charge in [-0.3, -0.25) is 9.20 Å². The van der Waals surface area contributed by atoms with Crippen LogP contribution in [0.15, 0.2) is 30.6 Å². The summed E-state index contributed by atoms with van der Waals surface area (Å²) in [5.74, 6) is -0.196. The molecule has 3 saturated carbocycles. The molecule has 30 heavy (non-hydrogen) atoms. The number of alkyl halides is 2. The Kier molecular flexibility index (Phi) is 4.04. The number of hydrogen-bond acceptors (Lipinski definition) is 6. The van der Waals surface area contributed by atoms with Gasteiger partial charge in [0.25, 0.3) is 18.2 Å². The molecule has 10 heteroatoms. The smallest absolute Gasteiger partial charge is 0.280 e. The van der Waals surface area contributed by atoms with E-state index in [1.54, 1.807) is 17.7 Å². The molecule has 8 nitrogen and oxygen atoms in total. The highest BCUT2D eigenvalue weighted by Gasteiger charge is 2.70. The topological polar surface area (TPSA) is 90.6 Å². The van der Waals surface area contributed by atoms with Crippen LogP contribution in [-0.4, -0.2) is 45.1 Å². The van der Waals surface area contributed by atoms with E-state index in [9.17, 15) is 13.6 Å². The molecule has 1 N–H and O–H groups in total. The average molecular weight is 415 g/mol. The predicted molar refractivity (Wildman–Crippen MR) is 102 cm³/mol. The van der Waals surface area contributed by atoms with Gasteiger partial charge in [-0.15, -0.1) is 0 Å². The molecule has 0 radical (unpaired) electrons. The molecular formula is C20H19F2N5O3. The Balaban J connectivity index is 1.43. The van der Waals surface area contributed by atoms with Gasteiger partial charge < -0.3 is 14.8 Å². The normalized spacial score (nSPS) is 24.4. The van der Waals surface area contributed by atoms with Gasteiger partial charge in [0.15, 0.2) is 5.82 Å². The maximum absolute atomic E-state index is 12.9. The van der Waals surface area contributed by atoms with E-state index in [1.807, 2.05) is 6.20 Å². The summed E-state index contributed by atoms with van der Waals surface area (Å²) in [6.07, 6.45) is 3.57. The largest absolute Gasteiger partial charge is 0.478 e. The first-order valence-electron chi connectivity index (χ1n) is 9.43. The van der Waals surface area contributed by atoms with Gasteiger partial charge >= 0.3 is 0 Å². The number of aromatic nitrogens is 4. The molecular weight excluding hydrogens is 396 g/mol. The lowest BCUT2D eigenvalue weighted by Gasteiger charge is -2.68. The third kappa shape index (κ3) is 2.74. The minimum absolute atomic E-state index is 0.00294. The third-order valence-electron chi connectivity index (χ3n) is 6.03. The first kappa shape index (κ1) is 18.9. The molecule has 0 atom stereocenters. The number of nitrogens with zero attached hydrogens (tertiary/aromatic N) is 4. The van der Waals surface area contributed by atoms with Crippen molar-refractivity contribution in [2.45, 2.75) is 36.7 Å². The number of halogens is 2. The molecule has 3 aliphatic carbocycles. The molecule has 0 unspecified atom stereocenters. The lowest BCUT2D eigenvalue weighted by atomic mass is 9.40. The van der Waals surface area contributed by atoms with Gasteiger partial charge in [0, 0.05) is 18.7 Å². The van der Waals surface area contributed by atoms with Crippen molar-refractivity contribution < 1.29 is 23.0 Å². The predicted octanol–water partition coefficient (Wildman–Crippen LogP) is 3.14. The monoisotopic (exact) mass is 415 g/mol. The highest BCUT2D eigenvalue weighted by atomic mass is 19.3. The summed E-state index contributed by atoms with van der Waals surface area (Å²) in [6.45, 7) is 0. The van der Waals surface area contributed by atoms with Crippen molar-refractivity contribution in [1.29, 1.82) is 0 Å². The number of nitrogens with one attached hydrogen (secondary N) is 1. The Hall–Kier alpha value is -3.14. The second kappa shape index (κ2) is 6.43. The van der Waals surface area contributed by atoms with E-state index in [1.165, 1.54) is 25.3 Å². The molecule has 3 aromatic heterocycles. The molecule has 0 aromatic carbocycles. The summed E-state index contributed by atoms with van der Waals surface area (Å²) < 4.78 is 38.4. The number of ether oxygens (including phenoxy) is 2. The first-order chi connectivity index (χ1) is 14.4. The fourth-order valence-corrected chi connectivity index (χ4v) is 4.49. The van der Waals surface area contributed by atoms with E-state index in [0.717, 1.165) is 25.0 Å². The second-order valence-electron chi connectivity index (χ2n) is 7.89. The van der Waals surface area contributed by atoms with Crippen LogP contribution < -0.4 is 10.1 Å². The average Bonchev–Trinajstić information content (AvgIpc) is 3.09. The van der Waals surface area contributed by atoms with E-state index in [-0.39, 0.29) is 28.4 Å². The SMILES string of the molecule is COc1nc(NC(=O)c2cccc(C(F)F)n2)cn2cc(C34CC(OC)(C3)C4)nc12. The van der Waals surface area contributed by atoms with Crippen LogP contribution in [0.1, 0.15) is 47.6 Å². The van der Waals surface area contributed by atoms with Crippen molar-refractivity contribution in [3.63, 3.8) is 0 Å². The van der Waals surface area contributed by atoms with Crippen molar-refractivity contribution in [3.05, 3.63) is 47.7 Å². The number of carbonyl (C=O) groups is 1. The number of amides is 1. The summed E-state index contributed by atoms with van der Waals surface area (Å²) in [5, 5.41) is 2.59. The number of fused-ring (bicyclic) bond motifs is 1. The zero-order chi connectivity index (χ0) is 21.1. The number of carbonyl (C=O) groups excluding carboxylic acids is 1. The number of pyridine rings is 1. The van der Waals surface area contributed by atoms with E-state index in [0.29, 0.717) is 5.65 Å². The maximum atomic E-state index is 12.9. The highest BCUT2D eigenvalue weighted by molar-refractivity contribution is 6.02. The van der Waals surface area contributed by atoms with Crippen LogP contribution in [0.2, 0.25) is 0 Å². The Bertz CT molecular complexity index is 1140. The summed E-state index contributed by atoms with van der Waals surface area (Å²) >= 11 is 0. The van der Waals surface area contributed by atoms with Crippen molar-refractivity contribution in [3.8, 4) is 5.88 Å². The van der Waals surface area contributed by atoms with Crippen LogP contribution in [0, 0.1) is 0 Å². The third-order valence-corrected chi connectivity index (χ3v) is 6.03. The maximum Gasteiger partial charge on any atom is 0.280 e. The van der Waals surface area contributed by atoms with Gasteiger partial charge in [0.2, 0.25) is 5.65 Å². The summed E-state index contributed by atoms with van der Waals surface area (Å²) in [5.41, 5.74) is 0.914. The van der Waals surface area contributed by atoms with E-state index in [2.05, 4.69) is 15.3 Å². The molecule has 0 spiro atoms. The second-order valence-corrected chi connectivity index (χ2v) is 7.89. The van der Waals surface area contributed by atoms with Gasteiger partial charge in [-0.05, 0) is 31.4 Å². The lowest BCUT2D eigenvalue weighted by Crippen LogP contribution is -2.70. The lowest BCUT2D eigenvalue weighted by molar-refractivity contribution is -0.233. The fraction of sp³-hybridized carbons (Fsp3) is 0.400. The van der Waals surface area contributed by atoms with Gasteiger partial charge in [-0.25, -0.2) is 18.7 Å². The van der Waals surface area contributed by atoms with E-state index < -0.39 is 18.0 Å². The van der Waals surface area contributed by atoms with E-state index in [4.69, 9.17) is 14.5 Å². The van der Waals surface area contributed by atoms with Crippen molar-refractivity contribution in [2.75, 3.05) is 19.5 Å². The number of methoxy groups -OCH3 is 2. The molecule has 156 valence electrons. The molecule has 2 bridgehead atoms. The van der Waals surface area contributed by atoms with E-state index >= 15 is 0 Å². The standard InChI is InChI=1S/C20H19F2N5O3/c1-29-18-16-24-13(19-8-20(9-19,10-19)30-2)6-27(16)7-14(26-18)25-17(28)12-5-3-4-11(23-12)15(21)22/h3-7,15H,8-10H2,1-2H3,(H,25,28). The zero-order valence-corrected chi connectivity index (χ0v) is 16.4. The Morgan fingerprint density at radius 1 is 1.17 bits per heavy atom. The first-order valence-corrected chi connectivity index (χ1v) is 9.43. The van der Waals surface area contributed by atoms with Gasteiger partial charge in [0.05, 0.1) is 24.6 Å². The van der Waals surface area contributed by atoms with Crippen LogP contribution in [0.5, 0.6) is 5.88 Å². The van der Waals surface area contributed by atoms with Crippen LogP contribution >= 0.6 is 0 Å². The number of anilines is 1. The number of rotatable bonds is 6. The van der Waals surface area contributed by atoms with Gasteiger partial charge in [0.1, 0.15) is 11.4 Å². The number of hydrogen-bond donors (Lipinski definition) is 1. The van der Waals surface area contributed by atoms with Crippen molar-refractivity contribution in [1.82, 2.24) is 19.4 Å². The molecule has 3 fully saturated rings. The summed E-state index contributed by atoms with van der Waals surface area (Å²) in [7, 11) is 3.21. The zero-order valence-electron chi connectivity index (χ0n) is 16.4. The van der Waals surface area contributed by atoms with Crippen LogP contribution in [0.3, 0.4) is 0 Å². The molecule has 0 saturated heterocycles. The molecule has 1 amide bonds. The molecule has 3 heterocycles. The minimum atomic E-state index is -2.76. The van der Waals surface area contributed by atoms with Gasteiger partial charge in [-0.1, -0.05) is 6.07 Å².